The largest absolute Gasteiger partial charge is 0.379 e. The fraction of sp³-hybridized carbons (Fsp3) is 1.00. The molecule has 121 valence electrons. The van der Waals surface area contributed by atoms with Gasteiger partial charge in [0.1, 0.15) is 6.10 Å². The van der Waals surface area contributed by atoms with Gasteiger partial charge in [-0.3, -0.25) is 0 Å². The van der Waals surface area contributed by atoms with Gasteiger partial charge in [0, 0.05) is 13.2 Å². The highest BCUT2D eigenvalue weighted by molar-refractivity contribution is 4.52. The summed E-state index contributed by atoms with van der Waals surface area (Å²) in [6, 6.07) is 0. The Morgan fingerprint density at radius 2 is 1.05 bits per heavy atom. The minimum absolute atomic E-state index is 0.295. The second-order valence-electron chi connectivity index (χ2n) is 5.60. The lowest BCUT2D eigenvalue weighted by atomic mass is 10.2. The van der Waals surface area contributed by atoms with Crippen LogP contribution in [0.1, 0.15) is 78.1 Å². The molecule has 0 amide bonds. The SMILES string of the molecule is CCCCCCCOCC([O])COCCCCCCC. The van der Waals surface area contributed by atoms with E-state index in [0.717, 1.165) is 26.1 Å². The van der Waals surface area contributed by atoms with Crippen molar-refractivity contribution in [1.29, 1.82) is 0 Å². The number of hydrogen-bond acceptors (Lipinski definition) is 2. The van der Waals surface area contributed by atoms with Crippen LogP contribution in [0.15, 0.2) is 0 Å². The highest BCUT2D eigenvalue weighted by Gasteiger charge is 2.06. The maximum absolute atomic E-state index is 11.5. The molecule has 0 bridgehead atoms. The Labute approximate surface area is 126 Å². The molecule has 0 saturated carbocycles. The zero-order chi connectivity index (χ0) is 14.9. The average molecular weight is 287 g/mol. The molecule has 1 radical (unpaired) electrons. The van der Waals surface area contributed by atoms with Gasteiger partial charge in [0.05, 0.1) is 13.2 Å². The summed E-state index contributed by atoms with van der Waals surface area (Å²) >= 11 is 0. The van der Waals surface area contributed by atoms with E-state index < -0.39 is 6.10 Å². The van der Waals surface area contributed by atoms with E-state index in [1.807, 2.05) is 0 Å². The monoisotopic (exact) mass is 287 g/mol. The van der Waals surface area contributed by atoms with E-state index in [1.165, 1.54) is 51.4 Å². The highest BCUT2D eigenvalue weighted by atomic mass is 16.5. The van der Waals surface area contributed by atoms with Crippen LogP contribution in [0.2, 0.25) is 0 Å². The van der Waals surface area contributed by atoms with E-state index >= 15 is 0 Å². The first-order valence-electron chi connectivity index (χ1n) is 8.62. The average Bonchev–Trinajstić information content (AvgIpc) is 2.45. The van der Waals surface area contributed by atoms with Crippen LogP contribution < -0.4 is 0 Å². The fourth-order valence-corrected chi connectivity index (χ4v) is 2.09. The van der Waals surface area contributed by atoms with Gasteiger partial charge in [0.25, 0.3) is 0 Å². The number of rotatable bonds is 16. The van der Waals surface area contributed by atoms with Gasteiger partial charge < -0.3 is 9.47 Å². The van der Waals surface area contributed by atoms with Crippen LogP contribution in [-0.2, 0) is 14.6 Å². The topological polar surface area (TPSA) is 38.4 Å². The first-order valence-corrected chi connectivity index (χ1v) is 8.62. The predicted octanol–water partition coefficient (Wildman–Crippen LogP) is 4.76. The van der Waals surface area contributed by atoms with Crippen LogP contribution in [0.3, 0.4) is 0 Å². The van der Waals surface area contributed by atoms with E-state index in [1.54, 1.807) is 0 Å². The van der Waals surface area contributed by atoms with Crippen molar-refractivity contribution in [3.05, 3.63) is 0 Å². The quantitative estimate of drug-likeness (QED) is 0.384. The highest BCUT2D eigenvalue weighted by Crippen LogP contribution is 2.04. The maximum atomic E-state index is 11.5. The zero-order valence-electron chi connectivity index (χ0n) is 13.7. The van der Waals surface area contributed by atoms with E-state index in [0.29, 0.717) is 13.2 Å². The van der Waals surface area contributed by atoms with Crippen molar-refractivity contribution in [3.8, 4) is 0 Å². The lowest BCUT2D eigenvalue weighted by Crippen LogP contribution is -2.21. The van der Waals surface area contributed by atoms with Crippen LogP contribution in [-0.4, -0.2) is 32.5 Å². The fourth-order valence-electron chi connectivity index (χ4n) is 2.09. The van der Waals surface area contributed by atoms with Gasteiger partial charge >= 0.3 is 0 Å². The van der Waals surface area contributed by atoms with Gasteiger partial charge in [-0.05, 0) is 12.8 Å². The van der Waals surface area contributed by atoms with Crippen molar-refractivity contribution in [2.75, 3.05) is 26.4 Å². The van der Waals surface area contributed by atoms with Crippen molar-refractivity contribution >= 4 is 0 Å². The number of ether oxygens (including phenoxy) is 2. The first kappa shape index (κ1) is 19.9. The summed E-state index contributed by atoms with van der Waals surface area (Å²) in [4.78, 5) is 0. The van der Waals surface area contributed by atoms with Crippen molar-refractivity contribution in [2.24, 2.45) is 0 Å². The third kappa shape index (κ3) is 15.9. The molecule has 0 N–H and O–H groups in total. The molecule has 3 heteroatoms. The van der Waals surface area contributed by atoms with Crippen molar-refractivity contribution in [1.82, 2.24) is 0 Å². The molecule has 0 aromatic rings. The molecule has 0 saturated heterocycles. The molecule has 0 unspecified atom stereocenters. The van der Waals surface area contributed by atoms with Crippen LogP contribution >= 0.6 is 0 Å². The van der Waals surface area contributed by atoms with Gasteiger partial charge in [0.15, 0.2) is 0 Å². The minimum Gasteiger partial charge on any atom is -0.379 e. The van der Waals surface area contributed by atoms with Crippen LogP contribution in [0.4, 0.5) is 0 Å². The van der Waals surface area contributed by atoms with Gasteiger partial charge in [-0.15, -0.1) is 0 Å². The van der Waals surface area contributed by atoms with Crippen molar-refractivity contribution in [3.63, 3.8) is 0 Å². The Kier molecular flexibility index (Phi) is 16.8. The molecule has 0 aliphatic carbocycles. The van der Waals surface area contributed by atoms with E-state index in [9.17, 15) is 5.11 Å². The van der Waals surface area contributed by atoms with E-state index in [2.05, 4.69) is 13.8 Å². The smallest absolute Gasteiger partial charge is 0.139 e. The lowest BCUT2D eigenvalue weighted by Gasteiger charge is -2.10. The molecule has 0 aromatic carbocycles. The molecule has 0 atom stereocenters. The van der Waals surface area contributed by atoms with Crippen LogP contribution in [0, 0.1) is 0 Å². The summed E-state index contributed by atoms with van der Waals surface area (Å²) in [7, 11) is 0. The molecule has 0 heterocycles. The summed E-state index contributed by atoms with van der Waals surface area (Å²) in [5.74, 6) is 0. The second-order valence-corrected chi connectivity index (χ2v) is 5.60. The summed E-state index contributed by atoms with van der Waals surface area (Å²) in [5.41, 5.74) is 0. The summed E-state index contributed by atoms with van der Waals surface area (Å²) in [6.07, 6.45) is 11.5. The Bertz CT molecular complexity index is 156. The van der Waals surface area contributed by atoms with Crippen molar-refractivity contribution < 1.29 is 14.6 Å². The molecular formula is C17H35O3. The Balaban J connectivity index is 3.11. The van der Waals surface area contributed by atoms with E-state index in [-0.39, 0.29) is 0 Å². The molecule has 0 rings (SSSR count). The molecule has 0 spiro atoms. The zero-order valence-corrected chi connectivity index (χ0v) is 13.7. The second kappa shape index (κ2) is 16.9. The van der Waals surface area contributed by atoms with Crippen LogP contribution in [0.5, 0.6) is 0 Å². The third-order valence-corrected chi connectivity index (χ3v) is 3.39. The van der Waals surface area contributed by atoms with Crippen molar-refractivity contribution in [2.45, 2.75) is 84.2 Å². The standard InChI is InChI=1S/C17H35O3/c1-3-5-7-9-11-13-19-15-17(18)16-20-14-12-10-8-6-4-2/h17H,3-16H2,1-2H3. The number of unbranched alkanes of at least 4 members (excludes halogenated alkanes) is 8. The normalized spacial score (nSPS) is 11.4. The molecular weight excluding hydrogens is 252 g/mol. The Hall–Kier alpha value is -0.120. The van der Waals surface area contributed by atoms with Gasteiger partial charge in [0.2, 0.25) is 0 Å². The van der Waals surface area contributed by atoms with Gasteiger partial charge in [-0.2, -0.15) is 0 Å². The summed E-state index contributed by atoms with van der Waals surface area (Å²) < 4.78 is 10.8. The summed E-state index contributed by atoms with van der Waals surface area (Å²) in [6.45, 7) is 6.46. The molecule has 0 aliphatic heterocycles. The predicted molar refractivity (Wildman–Crippen MR) is 83.6 cm³/mol. The summed E-state index contributed by atoms with van der Waals surface area (Å²) in [5, 5.41) is 11.5. The lowest BCUT2D eigenvalue weighted by molar-refractivity contribution is -0.0529. The maximum Gasteiger partial charge on any atom is 0.139 e. The Morgan fingerprint density at radius 3 is 1.45 bits per heavy atom. The molecule has 0 fully saturated rings. The minimum atomic E-state index is -0.721. The van der Waals surface area contributed by atoms with Crippen LogP contribution in [0.25, 0.3) is 0 Å². The molecule has 0 aliphatic rings. The molecule has 3 nitrogen and oxygen atoms in total. The first-order chi connectivity index (χ1) is 9.81. The molecule has 0 aromatic heterocycles. The Morgan fingerprint density at radius 1 is 0.650 bits per heavy atom. The molecule has 20 heavy (non-hydrogen) atoms. The van der Waals surface area contributed by atoms with Gasteiger partial charge in [-0.25, -0.2) is 5.11 Å². The van der Waals surface area contributed by atoms with Gasteiger partial charge in [-0.1, -0.05) is 65.2 Å². The van der Waals surface area contributed by atoms with E-state index in [4.69, 9.17) is 9.47 Å². The third-order valence-electron chi connectivity index (χ3n) is 3.39. The number of hydrogen-bond donors (Lipinski definition) is 0.